The molecule has 3 nitrogen and oxygen atoms in total. The van der Waals surface area contributed by atoms with Crippen molar-refractivity contribution in [3.05, 3.63) is 71.1 Å². The predicted molar refractivity (Wildman–Crippen MR) is 96.8 cm³/mol. The summed E-state index contributed by atoms with van der Waals surface area (Å²) in [5.41, 5.74) is 4.41. The van der Waals surface area contributed by atoms with E-state index in [1.54, 1.807) is 13.0 Å². The number of carbonyl (C=O) groups excluding carboxylic acids is 1. The summed E-state index contributed by atoms with van der Waals surface area (Å²) in [7, 11) is 0. The molecule has 0 fully saturated rings. The van der Waals surface area contributed by atoms with Crippen molar-refractivity contribution in [1.29, 1.82) is 0 Å². The molecule has 2 aromatic carbocycles. The molecule has 25 heavy (non-hydrogen) atoms. The molecular weight excluding hydrogens is 319 g/mol. The lowest BCUT2D eigenvalue weighted by Gasteiger charge is -2.13. The standard InChI is InChI=1S/C21H23FO3/c1-14(2)21(24)25-11-9-17-13-18(6-5-16(17)8-10-23)19-7-4-15(3)12-20(19)22/h4-7,12-13,23H,1,8-11H2,2-3H3. The van der Waals surface area contributed by atoms with Gasteiger partial charge < -0.3 is 9.84 Å². The molecular formula is C21H23FO3. The zero-order chi connectivity index (χ0) is 18.4. The second kappa shape index (κ2) is 8.58. The number of aliphatic hydroxyl groups excluding tert-OH is 1. The summed E-state index contributed by atoms with van der Waals surface area (Å²) in [6.07, 6.45) is 0.996. The van der Waals surface area contributed by atoms with Crippen LogP contribution in [-0.4, -0.2) is 24.3 Å². The van der Waals surface area contributed by atoms with Crippen molar-refractivity contribution in [2.24, 2.45) is 0 Å². The largest absolute Gasteiger partial charge is 0.462 e. The highest BCUT2D eigenvalue weighted by Gasteiger charge is 2.10. The van der Waals surface area contributed by atoms with Crippen LogP contribution >= 0.6 is 0 Å². The summed E-state index contributed by atoms with van der Waals surface area (Å²) < 4.78 is 19.4. The Morgan fingerprint density at radius 2 is 1.92 bits per heavy atom. The second-order valence-corrected chi connectivity index (χ2v) is 6.11. The number of rotatable bonds is 7. The fraction of sp³-hybridized carbons (Fsp3) is 0.286. The number of halogens is 1. The molecule has 0 aliphatic carbocycles. The molecule has 2 rings (SSSR count). The van der Waals surface area contributed by atoms with Gasteiger partial charge in [0.05, 0.1) is 6.61 Å². The van der Waals surface area contributed by atoms with Crippen LogP contribution in [0.1, 0.15) is 23.6 Å². The zero-order valence-corrected chi connectivity index (χ0v) is 14.6. The van der Waals surface area contributed by atoms with Crippen molar-refractivity contribution in [1.82, 2.24) is 0 Å². The van der Waals surface area contributed by atoms with Gasteiger partial charge in [0, 0.05) is 24.2 Å². The summed E-state index contributed by atoms with van der Waals surface area (Å²) in [6, 6.07) is 10.8. The maximum Gasteiger partial charge on any atom is 0.333 e. The Bertz CT molecular complexity index is 781. The maximum absolute atomic E-state index is 14.2. The number of carbonyl (C=O) groups is 1. The molecule has 132 valence electrons. The Morgan fingerprint density at radius 3 is 2.56 bits per heavy atom. The molecule has 4 heteroatoms. The Hall–Kier alpha value is -2.46. The lowest BCUT2D eigenvalue weighted by molar-refractivity contribution is -0.138. The molecule has 2 aromatic rings. The summed E-state index contributed by atoms with van der Waals surface area (Å²) in [5, 5.41) is 9.23. The monoisotopic (exact) mass is 342 g/mol. The molecule has 0 amide bonds. The molecule has 0 unspecified atom stereocenters. The van der Waals surface area contributed by atoms with Gasteiger partial charge in [-0.05, 0) is 48.6 Å². The Balaban J connectivity index is 2.26. The van der Waals surface area contributed by atoms with Gasteiger partial charge in [-0.15, -0.1) is 0 Å². The third-order valence-electron chi connectivity index (χ3n) is 3.98. The Labute approximate surface area is 147 Å². The van der Waals surface area contributed by atoms with Gasteiger partial charge in [0.15, 0.2) is 0 Å². The van der Waals surface area contributed by atoms with Gasteiger partial charge in [0.1, 0.15) is 5.82 Å². The molecule has 0 saturated heterocycles. The topological polar surface area (TPSA) is 46.5 Å². The molecule has 0 aliphatic heterocycles. The molecule has 0 radical (unpaired) electrons. The van der Waals surface area contributed by atoms with Gasteiger partial charge in [0.2, 0.25) is 0 Å². The highest BCUT2D eigenvalue weighted by molar-refractivity contribution is 5.86. The first-order valence-corrected chi connectivity index (χ1v) is 8.24. The van der Waals surface area contributed by atoms with E-state index in [0.717, 1.165) is 22.3 Å². The van der Waals surface area contributed by atoms with Gasteiger partial charge in [-0.2, -0.15) is 0 Å². The normalized spacial score (nSPS) is 10.6. The van der Waals surface area contributed by atoms with Gasteiger partial charge in [-0.25, -0.2) is 9.18 Å². The summed E-state index contributed by atoms with van der Waals surface area (Å²) in [4.78, 5) is 11.5. The van der Waals surface area contributed by atoms with Crippen LogP contribution in [-0.2, 0) is 22.4 Å². The van der Waals surface area contributed by atoms with E-state index in [-0.39, 0.29) is 19.0 Å². The van der Waals surface area contributed by atoms with E-state index in [0.29, 0.717) is 24.0 Å². The fourth-order valence-electron chi connectivity index (χ4n) is 2.62. The van der Waals surface area contributed by atoms with Crippen molar-refractivity contribution < 1.29 is 19.0 Å². The van der Waals surface area contributed by atoms with E-state index in [1.807, 2.05) is 31.2 Å². The minimum absolute atomic E-state index is 0.0246. The van der Waals surface area contributed by atoms with Crippen molar-refractivity contribution in [2.45, 2.75) is 26.7 Å². The van der Waals surface area contributed by atoms with Crippen LogP contribution in [0.15, 0.2) is 48.6 Å². The van der Waals surface area contributed by atoms with Crippen LogP contribution < -0.4 is 0 Å². The van der Waals surface area contributed by atoms with Crippen LogP contribution in [0.4, 0.5) is 4.39 Å². The minimum Gasteiger partial charge on any atom is -0.462 e. The van der Waals surface area contributed by atoms with Crippen LogP contribution in [0.2, 0.25) is 0 Å². The highest BCUT2D eigenvalue weighted by Crippen LogP contribution is 2.26. The predicted octanol–water partition coefficient (Wildman–Crippen LogP) is 4.00. The third kappa shape index (κ3) is 5.00. The van der Waals surface area contributed by atoms with Crippen molar-refractivity contribution in [3.8, 4) is 11.1 Å². The third-order valence-corrected chi connectivity index (χ3v) is 3.98. The van der Waals surface area contributed by atoms with E-state index < -0.39 is 5.97 Å². The summed E-state index contributed by atoms with van der Waals surface area (Å²) in [5.74, 6) is -0.695. The number of esters is 1. The minimum atomic E-state index is -0.426. The first-order valence-electron chi connectivity index (χ1n) is 8.24. The van der Waals surface area contributed by atoms with Crippen LogP contribution in [0.5, 0.6) is 0 Å². The van der Waals surface area contributed by atoms with Gasteiger partial charge >= 0.3 is 5.97 Å². The lowest BCUT2D eigenvalue weighted by Crippen LogP contribution is -2.09. The zero-order valence-electron chi connectivity index (χ0n) is 14.6. The Kier molecular flexibility index (Phi) is 6.48. The van der Waals surface area contributed by atoms with E-state index in [9.17, 15) is 14.3 Å². The number of aryl methyl sites for hydroxylation is 1. The van der Waals surface area contributed by atoms with Gasteiger partial charge in [0.25, 0.3) is 0 Å². The highest BCUT2D eigenvalue weighted by atomic mass is 19.1. The molecule has 0 spiro atoms. The molecule has 0 saturated carbocycles. The first kappa shape index (κ1) is 18.9. The van der Waals surface area contributed by atoms with Gasteiger partial charge in [-0.3, -0.25) is 0 Å². The number of hydrogen-bond donors (Lipinski definition) is 1. The van der Waals surface area contributed by atoms with Crippen LogP contribution in [0.3, 0.4) is 0 Å². The van der Waals surface area contributed by atoms with Crippen LogP contribution in [0.25, 0.3) is 11.1 Å². The van der Waals surface area contributed by atoms with Gasteiger partial charge in [-0.1, -0.05) is 36.9 Å². The fourth-order valence-corrected chi connectivity index (χ4v) is 2.62. The molecule has 0 aliphatic rings. The molecule has 0 atom stereocenters. The molecule has 1 N–H and O–H groups in total. The quantitative estimate of drug-likeness (QED) is 0.611. The smallest absolute Gasteiger partial charge is 0.333 e. The summed E-state index contributed by atoms with van der Waals surface area (Å²) >= 11 is 0. The summed E-state index contributed by atoms with van der Waals surface area (Å²) in [6.45, 7) is 7.23. The van der Waals surface area contributed by atoms with E-state index in [4.69, 9.17) is 4.74 Å². The van der Waals surface area contributed by atoms with E-state index in [2.05, 4.69) is 6.58 Å². The van der Waals surface area contributed by atoms with Crippen molar-refractivity contribution >= 4 is 5.97 Å². The van der Waals surface area contributed by atoms with Crippen molar-refractivity contribution in [3.63, 3.8) is 0 Å². The second-order valence-electron chi connectivity index (χ2n) is 6.11. The maximum atomic E-state index is 14.2. The average Bonchev–Trinajstić information content (AvgIpc) is 2.56. The van der Waals surface area contributed by atoms with E-state index >= 15 is 0 Å². The van der Waals surface area contributed by atoms with E-state index in [1.165, 1.54) is 6.07 Å². The van der Waals surface area contributed by atoms with Crippen LogP contribution in [0, 0.1) is 12.7 Å². The lowest BCUT2D eigenvalue weighted by atomic mass is 9.95. The first-order chi connectivity index (χ1) is 11.9. The number of ether oxygens (including phenoxy) is 1. The number of aliphatic hydroxyl groups is 1. The molecule has 0 bridgehead atoms. The Morgan fingerprint density at radius 1 is 1.16 bits per heavy atom. The molecule has 0 aromatic heterocycles. The van der Waals surface area contributed by atoms with Crippen molar-refractivity contribution in [2.75, 3.05) is 13.2 Å². The number of hydrogen-bond acceptors (Lipinski definition) is 3. The average molecular weight is 342 g/mol. The molecule has 0 heterocycles. The number of benzene rings is 2. The SMILES string of the molecule is C=C(C)C(=O)OCCc1cc(-c2ccc(C)cc2F)ccc1CCO.